The summed E-state index contributed by atoms with van der Waals surface area (Å²) in [4.78, 5) is 13.8. The average molecular weight is 388 g/mol. The summed E-state index contributed by atoms with van der Waals surface area (Å²) in [5.74, 6) is 0. The van der Waals surface area contributed by atoms with Crippen molar-refractivity contribution in [1.82, 2.24) is 14.5 Å². The smallest absolute Gasteiger partial charge is 0.142 e. The third-order valence-electron chi connectivity index (χ3n) is 5.07. The summed E-state index contributed by atoms with van der Waals surface area (Å²) in [5, 5.41) is 1.04. The summed E-state index contributed by atoms with van der Waals surface area (Å²) in [6.07, 6.45) is 7.53. The van der Waals surface area contributed by atoms with Crippen molar-refractivity contribution < 1.29 is 0 Å². The summed E-state index contributed by atoms with van der Waals surface area (Å²) in [6.45, 7) is 0.746. The van der Waals surface area contributed by atoms with Crippen molar-refractivity contribution in [2.75, 3.05) is 0 Å². The summed E-state index contributed by atoms with van der Waals surface area (Å²) in [7, 11) is 0. The van der Waals surface area contributed by atoms with Gasteiger partial charge in [0.15, 0.2) is 0 Å². The van der Waals surface area contributed by atoms with E-state index in [9.17, 15) is 0 Å². The molecule has 0 aliphatic rings. The van der Waals surface area contributed by atoms with Gasteiger partial charge in [-0.3, -0.25) is 4.98 Å². The molecule has 3 aromatic heterocycles. The van der Waals surface area contributed by atoms with Gasteiger partial charge in [-0.1, -0.05) is 60.7 Å². The molecule has 5 rings (SSSR count). The van der Waals surface area contributed by atoms with Gasteiger partial charge in [0.25, 0.3) is 0 Å². The Hall–Kier alpha value is -4.05. The molecular formula is C26H20N4. The Labute approximate surface area is 175 Å². The van der Waals surface area contributed by atoms with Crippen LogP contribution < -0.4 is 0 Å². The Morgan fingerprint density at radius 2 is 1.40 bits per heavy atom. The highest BCUT2D eigenvalue weighted by molar-refractivity contribution is 6.14. The van der Waals surface area contributed by atoms with Crippen LogP contribution in [-0.4, -0.2) is 20.2 Å². The molecule has 0 saturated heterocycles. The molecule has 0 saturated carbocycles. The Balaban J connectivity index is 1.62. The van der Waals surface area contributed by atoms with E-state index in [1.54, 1.807) is 0 Å². The Morgan fingerprint density at radius 3 is 2.07 bits per heavy atom. The van der Waals surface area contributed by atoms with Gasteiger partial charge in [-0.25, -0.2) is 9.98 Å². The fraction of sp³-hybridized carbons (Fsp3) is 0.0385. The summed E-state index contributed by atoms with van der Waals surface area (Å²) >= 11 is 0. The van der Waals surface area contributed by atoms with Crippen LogP contribution in [0.25, 0.3) is 11.0 Å². The molecule has 0 aliphatic heterocycles. The van der Waals surface area contributed by atoms with Gasteiger partial charge in [0.2, 0.25) is 0 Å². The molecule has 3 heterocycles. The number of nitrogens with zero attached hydrogens (tertiary/aromatic N) is 4. The molecule has 0 unspecified atom stereocenters. The first-order valence-corrected chi connectivity index (χ1v) is 9.91. The molecule has 0 aliphatic carbocycles. The highest BCUT2D eigenvalue weighted by Gasteiger charge is 2.11. The van der Waals surface area contributed by atoms with Crippen molar-refractivity contribution in [3.8, 4) is 0 Å². The maximum atomic E-state index is 5.10. The van der Waals surface area contributed by atoms with E-state index in [0.717, 1.165) is 40.1 Å². The molecule has 0 N–H and O–H groups in total. The lowest BCUT2D eigenvalue weighted by molar-refractivity contribution is 0.823. The van der Waals surface area contributed by atoms with E-state index in [1.165, 1.54) is 5.56 Å². The van der Waals surface area contributed by atoms with Crippen molar-refractivity contribution >= 4 is 22.4 Å². The van der Waals surface area contributed by atoms with Gasteiger partial charge in [-0.2, -0.15) is 0 Å². The van der Waals surface area contributed by atoms with Crippen molar-refractivity contribution in [3.05, 3.63) is 126 Å². The van der Waals surface area contributed by atoms with Crippen LogP contribution in [0.4, 0.5) is 5.69 Å². The van der Waals surface area contributed by atoms with Crippen molar-refractivity contribution in [2.45, 2.75) is 6.54 Å². The van der Waals surface area contributed by atoms with Crippen molar-refractivity contribution in [2.24, 2.45) is 4.99 Å². The van der Waals surface area contributed by atoms with Crippen LogP contribution in [0, 0.1) is 0 Å². The number of fused-ring (bicyclic) bond motifs is 1. The molecule has 5 aromatic rings. The van der Waals surface area contributed by atoms with E-state index >= 15 is 0 Å². The van der Waals surface area contributed by atoms with Gasteiger partial charge in [0, 0.05) is 47.8 Å². The fourth-order valence-corrected chi connectivity index (χ4v) is 3.59. The van der Waals surface area contributed by atoms with Crippen molar-refractivity contribution in [1.29, 1.82) is 0 Å². The maximum absolute atomic E-state index is 5.10. The molecule has 2 aromatic carbocycles. The van der Waals surface area contributed by atoms with E-state index in [4.69, 9.17) is 4.99 Å². The van der Waals surface area contributed by atoms with Gasteiger partial charge < -0.3 is 4.57 Å². The molecule has 0 spiro atoms. The van der Waals surface area contributed by atoms with E-state index in [0.29, 0.717) is 0 Å². The molecule has 30 heavy (non-hydrogen) atoms. The second-order valence-corrected chi connectivity index (χ2v) is 7.06. The highest BCUT2D eigenvalue weighted by atomic mass is 15.0. The number of pyridine rings is 2. The summed E-state index contributed by atoms with van der Waals surface area (Å²) in [6, 6.07) is 28.7. The number of rotatable bonds is 5. The van der Waals surface area contributed by atoms with Gasteiger partial charge >= 0.3 is 0 Å². The van der Waals surface area contributed by atoms with Crippen molar-refractivity contribution in [3.63, 3.8) is 0 Å². The molecule has 4 nitrogen and oxygen atoms in total. The third-order valence-corrected chi connectivity index (χ3v) is 5.07. The predicted octanol–water partition coefficient (Wildman–Crippen LogP) is 5.65. The minimum atomic E-state index is 0.746. The number of hydrogen-bond acceptors (Lipinski definition) is 3. The van der Waals surface area contributed by atoms with Gasteiger partial charge in [0.1, 0.15) is 5.65 Å². The zero-order chi connectivity index (χ0) is 20.2. The minimum Gasteiger partial charge on any atom is -0.328 e. The Bertz CT molecular complexity index is 1250. The molecule has 0 fully saturated rings. The number of benzene rings is 2. The number of aromatic nitrogens is 3. The second-order valence-electron chi connectivity index (χ2n) is 7.06. The lowest BCUT2D eigenvalue weighted by Crippen LogP contribution is -2.02. The van der Waals surface area contributed by atoms with Crippen LogP contribution in [0.1, 0.15) is 16.7 Å². The molecule has 0 atom stereocenters. The average Bonchev–Trinajstić information content (AvgIpc) is 3.23. The molecular weight excluding hydrogens is 368 g/mol. The molecule has 0 amide bonds. The molecule has 144 valence electrons. The SMILES string of the molecule is c1ccc(C(=Nc2ccnc3c2ccn3Cc2ccncc2)c2ccccc2)cc1. The molecule has 0 bridgehead atoms. The second kappa shape index (κ2) is 8.13. The maximum Gasteiger partial charge on any atom is 0.142 e. The van der Waals surface area contributed by atoms with E-state index in [2.05, 4.69) is 51.1 Å². The first-order chi connectivity index (χ1) is 14.9. The monoisotopic (exact) mass is 388 g/mol. The predicted molar refractivity (Wildman–Crippen MR) is 121 cm³/mol. The molecule has 4 heteroatoms. The van der Waals surface area contributed by atoms with E-state index < -0.39 is 0 Å². The van der Waals surface area contributed by atoms with Gasteiger partial charge in [-0.15, -0.1) is 0 Å². The van der Waals surface area contributed by atoms with Crippen LogP contribution in [0.3, 0.4) is 0 Å². The van der Waals surface area contributed by atoms with E-state index in [-0.39, 0.29) is 0 Å². The van der Waals surface area contributed by atoms with E-state index in [1.807, 2.05) is 73.2 Å². The first-order valence-electron chi connectivity index (χ1n) is 9.91. The van der Waals surface area contributed by atoms with Gasteiger partial charge in [-0.05, 0) is 29.8 Å². The fourth-order valence-electron chi connectivity index (χ4n) is 3.59. The van der Waals surface area contributed by atoms with Crippen LogP contribution in [0.2, 0.25) is 0 Å². The first kappa shape index (κ1) is 18.0. The summed E-state index contributed by atoms with van der Waals surface area (Å²) in [5.41, 5.74) is 6.15. The standard InChI is InChI=1S/C26H20N4/c1-3-7-21(8-4-1)25(22-9-5-2-6-10-22)29-24-13-17-28-26-23(24)14-18-30(26)19-20-11-15-27-16-12-20/h1-18H,19H2. The third kappa shape index (κ3) is 3.63. The lowest BCUT2D eigenvalue weighted by Gasteiger charge is -2.09. The van der Waals surface area contributed by atoms with Gasteiger partial charge in [0.05, 0.1) is 11.4 Å². The topological polar surface area (TPSA) is 43.1 Å². The molecule has 0 radical (unpaired) electrons. The highest BCUT2D eigenvalue weighted by Crippen LogP contribution is 2.27. The number of aliphatic imine (C=N–C) groups is 1. The minimum absolute atomic E-state index is 0.746. The normalized spacial score (nSPS) is 10.8. The lowest BCUT2D eigenvalue weighted by atomic mass is 10.0. The van der Waals surface area contributed by atoms with Crippen LogP contribution in [-0.2, 0) is 6.54 Å². The number of hydrogen-bond donors (Lipinski definition) is 0. The Morgan fingerprint density at radius 1 is 0.733 bits per heavy atom. The summed E-state index contributed by atoms with van der Waals surface area (Å²) < 4.78 is 2.15. The quantitative estimate of drug-likeness (QED) is 0.365. The zero-order valence-corrected chi connectivity index (χ0v) is 16.4. The Kier molecular flexibility index (Phi) is 4.88. The van der Waals surface area contributed by atoms with Crippen LogP contribution >= 0.6 is 0 Å². The van der Waals surface area contributed by atoms with Crippen LogP contribution in [0.5, 0.6) is 0 Å². The largest absolute Gasteiger partial charge is 0.328 e. The van der Waals surface area contributed by atoms with Crippen LogP contribution in [0.15, 0.2) is 115 Å². The zero-order valence-electron chi connectivity index (χ0n) is 16.4.